The first kappa shape index (κ1) is 16.8. The molecule has 1 amide bonds. The Morgan fingerprint density at radius 2 is 2.04 bits per heavy atom. The first-order valence-corrected chi connectivity index (χ1v) is 9.18. The minimum absolute atomic E-state index is 0.242. The van der Waals surface area contributed by atoms with Crippen molar-refractivity contribution >= 4 is 17.6 Å². The van der Waals surface area contributed by atoms with Gasteiger partial charge in [0, 0.05) is 30.8 Å². The molecule has 1 aromatic heterocycles. The third kappa shape index (κ3) is 3.00. The lowest BCUT2D eigenvalue weighted by molar-refractivity contribution is 0.181. The van der Waals surface area contributed by atoms with Gasteiger partial charge in [0.05, 0.1) is 12.2 Å². The summed E-state index contributed by atoms with van der Waals surface area (Å²) < 4.78 is 5.11. The van der Waals surface area contributed by atoms with E-state index >= 15 is 0 Å². The lowest BCUT2D eigenvalue weighted by Crippen LogP contribution is -2.33. The van der Waals surface area contributed by atoms with Crippen molar-refractivity contribution in [3.8, 4) is 0 Å². The highest BCUT2D eigenvalue weighted by Crippen LogP contribution is 2.32. The molecule has 2 aromatic rings. The lowest BCUT2D eigenvalue weighted by Gasteiger charge is -2.32. The SMILES string of the molecule is Cc1cc(N2CCc3c(cccc3N3CCOC3=O)C2)nc(C(C)C)n1. The van der Waals surface area contributed by atoms with E-state index in [0.717, 1.165) is 42.5 Å². The predicted molar refractivity (Wildman–Crippen MR) is 101 cm³/mol. The van der Waals surface area contributed by atoms with Crippen molar-refractivity contribution in [1.29, 1.82) is 0 Å². The van der Waals surface area contributed by atoms with Gasteiger partial charge >= 0.3 is 6.09 Å². The monoisotopic (exact) mass is 352 g/mol. The molecule has 136 valence electrons. The number of hydrogen-bond donors (Lipinski definition) is 0. The van der Waals surface area contributed by atoms with Gasteiger partial charge in [-0.25, -0.2) is 14.8 Å². The molecule has 1 saturated heterocycles. The van der Waals surface area contributed by atoms with Crippen molar-refractivity contribution < 1.29 is 9.53 Å². The van der Waals surface area contributed by atoms with Crippen molar-refractivity contribution in [3.05, 3.63) is 46.9 Å². The Balaban J connectivity index is 1.64. The first-order valence-electron chi connectivity index (χ1n) is 9.18. The molecule has 0 N–H and O–H groups in total. The smallest absolute Gasteiger partial charge is 0.414 e. The molecule has 0 aliphatic carbocycles. The molecular formula is C20H24N4O2. The second-order valence-corrected chi connectivity index (χ2v) is 7.23. The van der Waals surface area contributed by atoms with E-state index < -0.39 is 0 Å². The van der Waals surface area contributed by atoms with Crippen LogP contribution in [-0.4, -0.2) is 35.8 Å². The Bertz CT molecular complexity index is 850. The highest BCUT2D eigenvalue weighted by atomic mass is 16.6. The van der Waals surface area contributed by atoms with Crippen molar-refractivity contribution in [2.45, 2.75) is 39.7 Å². The highest BCUT2D eigenvalue weighted by molar-refractivity contribution is 5.90. The predicted octanol–water partition coefficient (Wildman–Crippen LogP) is 3.43. The number of ether oxygens (including phenoxy) is 1. The van der Waals surface area contributed by atoms with Crippen LogP contribution in [-0.2, 0) is 17.7 Å². The van der Waals surface area contributed by atoms with Gasteiger partial charge in [0.1, 0.15) is 18.2 Å². The van der Waals surface area contributed by atoms with Gasteiger partial charge in [0.2, 0.25) is 0 Å². The van der Waals surface area contributed by atoms with Crippen LogP contribution in [0.3, 0.4) is 0 Å². The first-order chi connectivity index (χ1) is 12.5. The number of aromatic nitrogens is 2. The number of rotatable bonds is 3. The maximum atomic E-state index is 12.0. The van der Waals surface area contributed by atoms with Gasteiger partial charge in [-0.2, -0.15) is 0 Å². The summed E-state index contributed by atoms with van der Waals surface area (Å²) in [5.41, 5.74) is 4.48. The van der Waals surface area contributed by atoms with Crippen molar-refractivity contribution in [2.75, 3.05) is 29.5 Å². The minimum Gasteiger partial charge on any atom is -0.447 e. The maximum Gasteiger partial charge on any atom is 0.414 e. The molecule has 6 nitrogen and oxygen atoms in total. The summed E-state index contributed by atoms with van der Waals surface area (Å²) in [6, 6.07) is 8.24. The standard InChI is InChI=1S/C20H24N4O2/c1-13(2)19-21-14(3)11-18(22-19)23-8-7-16-15(12-23)5-4-6-17(16)24-9-10-26-20(24)25/h4-6,11,13H,7-10,12H2,1-3H3. The Morgan fingerprint density at radius 1 is 1.19 bits per heavy atom. The molecule has 1 fully saturated rings. The zero-order valence-electron chi connectivity index (χ0n) is 15.5. The van der Waals surface area contributed by atoms with Gasteiger partial charge in [-0.3, -0.25) is 4.90 Å². The number of carbonyl (C=O) groups excluding carboxylic acids is 1. The summed E-state index contributed by atoms with van der Waals surface area (Å²) in [5.74, 6) is 2.18. The molecule has 2 aliphatic rings. The molecule has 4 rings (SSSR count). The molecule has 0 saturated carbocycles. The molecule has 0 radical (unpaired) electrons. The average Bonchev–Trinajstić information content (AvgIpc) is 3.06. The molecule has 0 unspecified atom stereocenters. The molecular weight excluding hydrogens is 328 g/mol. The van der Waals surface area contributed by atoms with Crippen LogP contribution in [0.25, 0.3) is 0 Å². The third-order valence-corrected chi connectivity index (χ3v) is 4.99. The topological polar surface area (TPSA) is 58.6 Å². The quantitative estimate of drug-likeness (QED) is 0.847. The zero-order valence-corrected chi connectivity index (χ0v) is 15.5. The number of benzene rings is 1. The van der Waals surface area contributed by atoms with E-state index in [1.165, 1.54) is 11.1 Å². The summed E-state index contributed by atoms with van der Waals surface area (Å²) in [5, 5.41) is 0. The van der Waals surface area contributed by atoms with Crippen LogP contribution in [0.15, 0.2) is 24.3 Å². The van der Waals surface area contributed by atoms with Gasteiger partial charge in [-0.05, 0) is 30.5 Å². The van der Waals surface area contributed by atoms with E-state index in [9.17, 15) is 4.79 Å². The number of carbonyl (C=O) groups is 1. The molecule has 0 atom stereocenters. The molecule has 1 aromatic carbocycles. The van der Waals surface area contributed by atoms with Crippen LogP contribution in [0.2, 0.25) is 0 Å². The molecule has 2 aliphatic heterocycles. The van der Waals surface area contributed by atoms with Gasteiger partial charge in [0.25, 0.3) is 0 Å². The summed E-state index contributed by atoms with van der Waals surface area (Å²) in [6.07, 6.45) is 0.642. The Hall–Kier alpha value is -2.63. The Kier molecular flexibility index (Phi) is 4.26. The third-order valence-electron chi connectivity index (χ3n) is 4.99. The van der Waals surface area contributed by atoms with Crippen molar-refractivity contribution in [3.63, 3.8) is 0 Å². The van der Waals surface area contributed by atoms with Crippen LogP contribution < -0.4 is 9.80 Å². The fourth-order valence-electron chi connectivity index (χ4n) is 3.64. The molecule has 0 spiro atoms. The summed E-state index contributed by atoms with van der Waals surface area (Å²) in [4.78, 5) is 25.3. The number of hydrogen-bond acceptors (Lipinski definition) is 5. The highest BCUT2D eigenvalue weighted by Gasteiger charge is 2.28. The van der Waals surface area contributed by atoms with Gasteiger partial charge in [0.15, 0.2) is 0 Å². The fraction of sp³-hybridized carbons (Fsp3) is 0.450. The summed E-state index contributed by atoms with van der Waals surface area (Å²) in [7, 11) is 0. The number of amides is 1. The van der Waals surface area contributed by atoms with Crippen LogP contribution >= 0.6 is 0 Å². The second-order valence-electron chi connectivity index (χ2n) is 7.23. The van der Waals surface area contributed by atoms with E-state index in [0.29, 0.717) is 19.1 Å². The second kappa shape index (κ2) is 6.59. The van der Waals surface area contributed by atoms with E-state index in [-0.39, 0.29) is 6.09 Å². The molecule has 3 heterocycles. The normalized spacial score (nSPS) is 16.8. The van der Waals surface area contributed by atoms with Crippen LogP contribution in [0, 0.1) is 6.92 Å². The van der Waals surface area contributed by atoms with E-state index in [1.54, 1.807) is 4.90 Å². The van der Waals surface area contributed by atoms with Crippen LogP contribution in [0.1, 0.15) is 42.4 Å². The number of cyclic esters (lactones) is 1. The zero-order chi connectivity index (χ0) is 18.3. The number of aryl methyl sites for hydroxylation is 1. The van der Waals surface area contributed by atoms with Crippen LogP contribution in [0.5, 0.6) is 0 Å². The average molecular weight is 352 g/mol. The molecule has 26 heavy (non-hydrogen) atoms. The molecule has 6 heteroatoms. The molecule has 0 bridgehead atoms. The number of fused-ring (bicyclic) bond motifs is 1. The number of nitrogens with zero attached hydrogens (tertiary/aromatic N) is 4. The minimum atomic E-state index is -0.242. The lowest BCUT2D eigenvalue weighted by atomic mass is 9.97. The summed E-state index contributed by atoms with van der Waals surface area (Å²) in [6.45, 7) is 9.01. The largest absolute Gasteiger partial charge is 0.447 e. The van der Waals surface area contributed by atoms with Crippen LogP contribution in [0.4, 0.5) is 16.3 Å². The van der Waals surface area contributed by atoms with Crippen molar-refractivity contribution in [1.82, 2.24) is 9.97 Å². The van der Waals surface area contributed by atoms with Gasteiger partial charge in [-0.1, -0.05) is 26.0 Å². The maximum absolute atomic E-state index is 12.0. The van der Waals surface area contributed by atoms with E-state index in [1.807, 2.05) is 19.1 Å². The fourth-order valence-corrected chi connectivity index (χ4v) is 3.64. The van der Waals surface area contributed by atoms with Crippen molar-refractivity contribution in [2.24, 2.45) is 0 Å². The van der Waals surface area contributed by atoms with E-state index in [4.69, 9.17) is 9.72 Å². The Morgan fingerprint density at radius 3 is 2.77 bits per heavy atom. The van der Waals surface area contributed by atoms with Gasteiger partial charge in [-0.15, -0.1) is 0 Å². The van der Waals surface area contributed by atoms with Gasteiger partial charge < -0.3 is 9.64 Å². The Labute approximate surface area is 153 Å². The number of anilines is 2. The van der Waals surface area contributed by atoms with E-state index in [2.05, 4.69) is 35.9 Å². The summed E-state index contributed by atoms with van der Waals surface area (Å²) >= 11 is 0.